The molecule has 1 atom stereocenters. The zero-order valence-electron chi connectivity index (χ0n) is 14.5. The van der Waals surface area contributed by atoms with E-state index in [0.29, 0.717) is 17.9 Å². The lowest BCUT2D eigenvalue weighted by atomic mass is 10.1. The van der Waals surface area contributed by atoms with Gasteiger partial charge in [0, 0.05) is 17.8 Å². The molecule has 0 aliphatic carbocycles. The summed E-state index contributed by atoms with van der Waals surface area (Å²) >= 11 is 0. The van der Waals surface area contributed by atoms with Gasteiger partial charge in [-0.25, -0.2) is 4.98 Å². The van der Waals surface area contributed by atoms with E-state index < -0.39 is 0 Å². The van der Waals surface area contributed by atoms with Crippen molar-refractivity contribution in [1.29, 1.82) is 0 Å². The van der Waals surface area contributed by atoms with E-state index in [1.165, 1.54) is 0 Å². The number of nitrogens with one attached hydrogen (secondary N) is 2. The van der Waals surface area contributed by atoms with Crippen molar-refractivity contribution in [2.45, 2.75) is 19.4 Å². The number of aromatic nitrogens is 2. The van der Waals surface area contributed by atoms with Crippen molar-refractivity contribution in [3.8, 4) is 11.5 Å². The number of benzene rings is 1. The number of pyridine rings is 1. The topological polar surface area (TPSA) is 76.2 Å². The Morgan fingerprint density at radius 2 is 2.04 bits per heavy atom. The molecule has 3 rings (SSSR count). The summed E-state index contributed by atoms with van der Waals surface area (Å²) in [4.78, 5) is 19.7. The number of amides is 1. The van der Waals surface area contributed by atoms with Crippen LogP contribution in [0.15, 0.2) is 42.7 Å². The van der Waals surface area contributed by atoms with Crippen molar-refractivity contribution in [3.05, 3.63) is 53.9 Å². The molecule has 1 amide bonds. The Kier molecular flexibility index (Phi) is 4.88. The fraction of sp³-hybridized carbons (Fsp3) is 0.263. The number of aromatic amines is 1. The van der Waals surface area contributed by atoms with Gasteiger partial charge in [0.05, 0.1) is 26.7 Å². The monoisotopic (exact) mass is 339 g/mol. The molecule has 0 bridgehead atoms. The van der Waals surface area contributed by atoms with E-state index in [-0.39, 0.29) is 11.9 Å². The van der Waals surface area contributed by atoms with Gasteiger partial charge >= 0.3 is 0 Å². The summed E-state index contributed by atoms with van der Waals surface area (Å²) in [5, 5.41) is 3.99. The van der Waals surface area contributed by atoms with Gasteiger partial charge in [0.25, 0.3) is 0 Å². The van der Waals surface area contributed by atoms with Gasteiger partial charge < -0.3 is 19.8 Å². The number of H-pyrrole nitrogens is 1. The van der Waals surface area contributed by atoms with Crippen LogP contribution in [-0.4, -0.2) is 30.1 Å². The summed E-state index contributed by atoms with van der Waals surface area (Å²) in [6.07, 6.45) is 3.85. The molecular weight excluding hydrogens is 318 g/mol. The summed E-state index contributed by atoms with van der Waals surface area (Å²) in [5.41, 5.74) is 2.67. The second-order valence-corrected chi connectivity index (χ2v) is 5.79. The summed E-state index contributed by atoms with van der Waals surface area (Å²) in [6.45, 7) is 1.94. The highest BCUT2D eigenvalue weighted by molar-refractivity contribution is 5.87. The van der Waals surface area contributed by atoms with E-state index in [9.17, 15) is 4.79 Å². The lowest BCUT2D eigenvalue weighted by Crippen LogP contribution is -2.28. The predicted molar refractivity (Wildman–Crippen MR) is 95.9 cm³/mol. The average Bonchev–Trinajstić information content (AvgIpc) is 3.04. The molecular formula is C19H21N3O3. The zero-order valence-corrected chi connectivity index (χ0v) is 14.5. The molecule has 0 radical (unpaired) electrons. The summed E-state index contributed by atoms with van der Waals surface area (Å²) in [6, 6.07) is 9.31. The van der Waals surface area contributed by atoms with Gasteiger partial charge in [-0.15, -0.1) is 0 Å². The number of fused-ring (bicyclic) bond motifs is 1. The normalized spacial score (nSPS) is 12.0. The minimum Gasteiger partial charge on any atom is -0.493 e. The molecule has 0 aliphatic heterocycles. The van der Waals surface area contributed by atoms with Crippen molar-refractivity contribution in [2.75, 3.05) is 14.2 Å². The van der Waals surface area contributed by atoms with E-state index in [1.54, 1.807) is 20.4 Å². The zero-order chi connectivity index (χ0) is 17.8. The summed E-state index contributed by atoms with van der Waals surface area (Å²) in [7, 11) is 3.19. The maximum Gasteiger partial charge on any atom is 0.224 e. The molecule has 0 aliphatic rings. The molecule has 2 heterocycles. The van der Waals surface area contributed by atoms with E-state index in [0.717, 1.165) is 22.2 Å². The highest BCUT2D eigenvalue weighted by atomic mass is 16.5. The number of rotatable bonds is 6. The number of carbonyl (C=O) groups is 1. The number of ether oxygens (including phenoxy) is 2. The van der Waals surface area contributed by atoms with Gasteiger partial charge in [0.1, 0.15) is 5.65 Å². The Balaban J connectivity index is 1.70. The number of nitrogens with zero attached hydrogens (tertiary/aromatic N) is 1. The number of carbonyl (C=O) groups excluding carboxylic acids is 1. The number of hydrogen-bond donors (Lipinski definition) is 2. The van der Waals surface area contributed by atoms with E-state index in [4.69, 9.17) is 9.47 Å². The number of hydrogen-bond acceptors (Lipinski definition) is 4. The highest BCUT2D eigenvalue weighted by Crippen LogP contribution is 2.29. The van der Waals surface area contributed by atoms with Crippen LogP contribution in [0.25, 0.3) is 11.0 Å². The second kappa shape index (κ2) is 7.25. The van der Waals surface area contributed by atoms with Crippen molar-refractivity contribution >= 4 is 16.9 Å². The molecule has 3 aromatic rings. The third-order valence-corrected chi connectivity index (χ3v) is 4.17. The molecule has 0 fully saturated rings. The number of methoxy groups -OCH3 is 2. The molecule has 6 heteroatoms. The van der Waals surface area contributed by atoms with E-state index in [1.807, 2.05) is 43.5 Å². The smallest absolute Gasteiger partial charge is 0.224 e. The van der Waals surface area contributed by atoms with Gasteiger partial charge in [0.15, 0.2) is 11.5 Å². The van der Waals surface area contributed by atoms with Crippen LogP contribution in [0, 0.1) is 0 Å². The van der Waals surface area contributed by atoms with Crippen LogP contribution in [0.1, 0.15) is 24.1 Å². The van der Waals surface area contributed by atoms with Crippen LogP contribution in [-0.2, 0) is 11.2 Å². The van der Waals surface area contributed by atoms with Crippen LogP contribution in [0.2, 0.25) is 0 Å². The molecule has 0 saturated heterocycles. The van der Waals surface area contributed by atoms with Gasteiger partial charge in [0.2, 0.25) is 5.91 Å². The van der Waals surface area contributed by atoms with Crippen LogP contribution >= 0.6 is 0 Å². The van der Waals surface area contributed by atoms with Gasteiger partial charge in [-0.3, -0.25) is 4.79 Å². The van der Waals surface area contributed by atoms with Crippen LogP contribution < -0.4 is 14.8 Å². The summed E-state index contributed by atoms with van der Waals surface area (Å²) in [5.74, 6) is 1.26. The maximum absolute atomic E-state index is 12.4. The van der Waals surface area contributed by atoms with Crippen molar-refractivity contribution in [1.82, 2.24) is 15.3 Å². The van der Waals surface area contributed by atoms with Gasteiger partial charge in [-0.1, -0.05) is 6.07 Å². The van der Waals surface area contributed by atoms with E-state index in [2.05, 4.69) is 15.3 Å². The van der Waals surface area contributed by atoms with Crippen LogP contribution in [0.4, 0.5) is 0 Å². The molecule has 130 valence electrons. The summed E-state index contributed by atoms with van der Waals surface area (Å²) < 4.78 is 10.6. The molecule has 2 aromatic heterocycles. The molecule has 1 aromatic carbocycles. The first-order valence-electron chi connectivity index (χ1n) is 8.04. The third kappa shape index (κ3) is 3.57. The fourth-order valence-electron chi connectivity index (χ4n) is 2.83. The molecule has 0 saturated carbocycles. The molecule has 0 spiro atoms. The van der Waals surface area contributed by atoms with Gasteiger partial charge in [-0.05, 0) is 42.3 Å². The SMILES string of the molecule is COc1ccc([C@@H](C)NC(=O)Cc2c[nH]c3ncccc23)cc1OC. The fourth-order valence-corrected chi connectivity index (χ4v) is 2.83. The van der Waals surface area contributed by atoms with Crippen molar-refractivity contribution in [2.24, 2.45) is 0 Å². The molecule has 0 unspecified atom stereocenters. The van der Waals surface area contributed by atoms with E-state index >= 15 is 0 Å². The minimum atomic E-state index is -0.143. The maximum atomic E-state index is 12.4. The highest BCUT2D eigenvalue weighted by Gasteiger charge is 2.14. The minimum absolute atomic E-state index is 0.0490. The lowest BCUT2D eigenvalue weighted by molar-refractivity contribution is -0.121. The van der Waals surface area contributed by atoms with Crippen LogP contribution in [0.5, 0.6) is 11.5 Å². The first-order valence-corrected chi connectivity index (χ1v) is 8.04. The Morgan fingerprint density at radius 3 is 2.80 bits per heavy atom. The van der Waals surface area contributed by atoms with Crippen molar-refractivity contribution in [3.63, 3.8) is 0 Å². The van der Waals surface area contributed by atoms with Crippen LogP contribution in [0.3, 0.4) is 0 Å². The standard InChI is InChI=1S/C19H21N3O3/c1-12(13-6-7-16(24-2)17(9-13)25-3)22-18(23)10-14-11-21-19-15(14)5-4-8-20-19/h4-9,11-12H,10H2,1-3H3,(H,20,21)(H,22,23)/t12-/m1/s1. The van der Waals surface area contributed by atoms with Crippen molar-refractivity contribution < 1.29 is 14.3 Å². The predicted octanol–water partition coefficient (Wildman–Crippen LogP) is 3.00. The van der Waals surface area contributed by atoms with Gasteiger partial charge in [-0.2, -0.15) is 0 Å². The molecule has 25 heavy (non-hydrogen) atoms. The lowest BCUT2D eigenvalue weighted by Gasteiger charge is -2.16. The Morgan fingerprint density at radius 1 is 1.24 bits per heavy atom. The quantitative estimate of drug-likeness (QED) is 0.724. The average molecular weight is 339 g/mol. The first-order chi connectivity index (χ1) is 12.1. The Hall–Kier alpha value is -3.02. The third-order valence-electron chi connectivity index (χ3n) is 4.17. The largest absolute Gasteiger partial charge is 0.493 e. The Labute approximate surface area is 146 Å². The Bertz CT molecular complexity index is 889. The molecule has 2 N–H and O–H groups in total. The second-order valence-electron chi connectivity index (χ2n) is 5.79. The first kappa shape index (κ1) is 16.8. The molecule has 6 nitrogen and oxygen atoms in total.